The van der Waals surface area contributed by atoms with Crippen molar-refractivity contribution in [1.29, 1.82) is 0 Å². The van der Waals surface area contributed by atoms with Gasteiger partial charge in [0.1, 0.15) is 5.82 Å². The molecule has 0 radical (unpaired) electrons. The molecule has 0 amide bonds. The van der Waals surface area contributed by atoms with E-state index >= 15 is 0 Å². The number of hydrogen-bond donors (Lipinski definition) is 0. The minimum absolute atomic E-state index is 0.555. The smallest absolute Gasteiger partial charge is 0.169 e. The molecule has 0 bridgehead atoms. The predicted octanol–water partition coefficient (Wildman–Crippen LogP) is 6.38. The van der Waals surface area contributed by atoms with E-state index in [1.54, 1.807) is 11.8 Å². The first-order valence-corrected chi connectivity index (χ1v) is 11.7. The zero-order valence-corrected chi connectivity index (χ0v) is 18.7. The van der Waals surface area contributed by atoms with E-state index in [4.69, 9.17) is 9.97 Å². The lowest BCUT2D eigenvalue weighted by atomic mass is 10.2. The summed E-state index contributed by atoms with van der Waals surface area (Å²) in [4.78, 5) is 9.91. The van der Waals surface area contributed by atoms with Gasteiger partial charge in [-0.1, -0.05) is 80.2 Å². The van der Waals surface area contributed by atoms with Gasteiger partial charge >= 0.3 is 0 Å². The lowest BCUT2D eigenvalue weighted by Gasteiger charge is -2.12. The molecule has 0 saturated heterocycles. The van der Waals surface area contributed by atoms with Crippen LogP contribution in [0.15, 0.2) is 84.0 Å². The third-order valence-electron chi connectivity index (χ3n) is 5.41. The molecule has 31 heavy (non-hydrogen) atoms. The molecule has 2 aromatic heterocycles. The summed E-state index contributed by atoms with van der Waals surface area (Å²) in [5, 5.41) is 1.06. The zero-order chi connectivity index (χ0) is 21.2. The van der Waals surface area contributed by atoms with Crippen molar-refractivity contribution in [2.45, 2.75) is 37.8 Å². The highest BCUT2D eigenvalue weighted by molar-refractivity contribution is 7.98. The highest BCUT2D eigenvalue weighted by Crippen LogP contribution is 2.29. The molecule has 0 aliphatic heterocycles. The van der Waals surface area contributed by atoms with Crippen LogP contribution in [0.1, 0.15) is 25.2 Å². The number of nitrogens with zero attached hydrogens (tertiary/aromatic N) is 4. The Morgan fingerprint density at radius 3 is 2.06 bits per heavy atom. The van der Waals surface area contributed by atoms with E-state index in [-0.39, 0.29) is 0 Å². The van der Waals surface area contributed by atoms with Crippen LogP contribution in [0.4, 0.5) is 0 Å². The van der Waals surface area contributed by atoms with Gasteiger partial charge in [0, 0.05) is 13.1 Å². The number of thioether (sulfide) groups is 1. The van der Waals surface area contributed by atoms with E-state index in [1.807, 2.05) is 0 Å². The minimum Gasteiger partial charge on any atom is -0.323 e. The van der Waals surface area contributed by atoms with Gasteiger partial charge in [-0.15, -0.1) is 0 Å². The number of aromatic nitrogens is 4. The SMILES string of the molecule is CC(C)Cn1c(SCc2nc3ccccc3n2Cc2ccccc2)nc2ccccc21. The molecule has 0 aliphatic rings. The van der Waals surface area contributed by atoms with Gasteiger partial charge in [-0.2, -0.15) is 0 Å². The van der Waals surface area contributed by atoms with E-state index in [9.17, 15) is 0 Å². The van der Waals surface area contributed by atoms with Gasteiger partial charge in [-0.3, -0.25) is 0 Å². The summed E-state index contributed by atoms with van der Waals surface area (Å²) in [6.45, 7) is 6.29. The number of hydrogen-bond acceptors (Lipinski definition) is 3. The van der Waals surface area contributed by atoms with Crippen molar-refractivity contribution in [3.63, 3.8) is 0 Å². The van der Waals surface area contributed by atoms with E-state index < -0.39 is 0 Å². The fourth-order valence-electron chi connectivity index (χ4n) is 4.01. The van der Waals surface area contributed by atoms with Crippen LogP contribution < -0.4 is 0 Å². The molecule has 0 saturated carbocycles. The third-order valence-corrected chi connectivity index (χ3v) is 6.39. The normalized spacial score (nSPS) is 11.7. The Morgan fingerprint density at radius 1 is 0.742 bits per heavy atom. The summed E-state index contributed by atoms with van der Waals surface area (Å²) in [6.07, 6.45) is 0. The first-order valence-electron chi connectivity index (χ1n) is 10.7. The fourth-order valence-corrected chi connectivity index (χ4v) is 4.98. The van der Waals surface area contributed by atoms with E-state index in [0.29, 0.717) is 5.92 Å². The molecular formula is C26H26N4S. The number of para-hydroxylation sites is 4. The van der Waals surface area contributed by atoms with Crippen molar-refractivity contribution in [2.75, 3.05) is 0 Å². The molecule has 5 rings (SSSR count). The molecular weight excluding hydrogens is 400 g/mol. The number of imidazole rings is 2. The van der Waals surface area contributed by atoms with Gasteiger partial charge in [0.25, 0.3) is 0 Å². The number of fused-ring (bicyclic) bond motifs is 2. The molecule has 0 spiro atoms. The van der Waals surface area contributed by atoms with Crippen molar-refractivity contribution in [1.82, 2.24) is 19.1 Å². The second-order valence-corrected chi connectivity index (χ2v) is 9.21. The summed E-state index contributed by atoms with van der Waals surface area (Å²) in [6, 6.07) is 27.4. The average Bonchev–Trinajstić information content (AvgIpc) is 3.31. The topological polar surface area (TPSA) is 35.6 Å². The maximum absolute atomic E-state index is 4.97. The van der Waals surface area contributed by atoms with Crippen molar-refractivity contribution in [3.8, 4) is 0 Å². The Kier molecular flexibility index (Phi) is 5.51. The molecule has 2 heterocycles. The highest BCUT2D eigenvalue weighted by Gasteiger charge is 2.16. The van der Waals surface area contributed by atoms with Gasteiger partial charge < -0.3 is 9.13 Å². The molecule has 0 atom stereocenters. The van der Waals surface area contributed by atoms with Crippen LogP contribution in [-0.4, -0.2) is 19.1 Å². The van der Waals surface area contributed by atoms with Crippen LogP contribution in [0.25, 0.3) is 22.1 Å². The quantitative estimate of drug-likeness (QED) is 0.283. The van der Waals surface area contributed by atoms with Crippen LogP contribution in [0, 0.1) is 5.92 Å². The zero-order valence-electron chi connectivity index (χ0n) is 17.9. The van der Waals surface area contributed by atoms with Crippen LogP contribution in [0.5, 0.6) is 0 Å². The molecule has 4 nitrogen and oxygen atoms in total. The standard InChI is InChI=1S/C26H26N4S/c1-19(2)16-30-24-15-9-7-13-22(24)28-26(30)31-18-25-27-21-12-6-8-14-23(21)29(25)17-20-10-4-3-5-11-20/h3-15,19H,16-18H2,1-2H3. The molecule has 0 N–H and O–H groups in total. The highest BCUT2D eigenvalue weighted by atomic mass is 32.2. The minimum atomic E-state index is 0.555. The van der Waals surface area contributed by atoms with E-state index in [1.165, 1.54) is 16.6 Å². The maximum Gasteiger partial charge on any atom is 0.169 e. The second-order valence-electron chi connectivity index (χ2n) is 8.26. The van der Waals surface area contributed by atoms with Crippen LogP contribution in [-0.2, 0) is 18.8 Å². The number of benzene rings is 3. The molecule has 0 aliphatic carbocycles. The lowest BCUT2D eigenvalue weighted by Crippen LogP contribution is -2.07. The predicted molar refractivity (Wildman–Crippen MR) is 129 cm³/mol. The largest absolute Gasteiger partial charge is 0.323 e. The average molecular weight is 427 g/mol. The van der Waals surface area contributed by atoms with Gasteiger partial charge in [0.05, 0.1) is 27.8 Å². The summed E-state index contributed by atoms with van der Waals surface area (Å²) >= 11 is 1.78. The monoisotopic (exact) mass is 426 g/mol. The van der Waals surface area contributed by atoms with Crippen LogP contribution in [0.3, 0.4) is 0 Å². The van der Waals surface area contributed by atoms with Gasteiger partial charge in [-0.05, 0) is 35.7 Å². The Balaban J connectivity index is 1.50. The second kappa shape index (κ2) is 8.60. The summed E-state index contributed by atoms with van der Waals surface area (Å²) in [5.41, 5.74) is 5.77. The molecule has 156 valence electrons. The van der Waals surface area contributed by atoms with E-state index in [0.717, 1.165) is 40.9 Å². The number of rotatable bonds is 7. The Bertz CT molecular complexity index is 1320. The van der Waals surface area contributed by atoms with Gasteiger partial charge in [0.2, 0.25) is 0 Å². The summed E-state index contributed by atoms with van der Waals surface area (Å²) in [5.74, 6) is 2.42. The third kappa shape index (κ3) is 4.10. The summed E-state index contributed by atoms with van der Waals surface area (Å²) in [7, 11) is 0. The lowest BCUT2D eigenvalue weighted by molar-refractivity contribution is 0.505. The Morgan fingerprint density at radius 2 is 1.35 bits per heavy atom. The Hall–Kier alpha value is -3.05. The van der Waals surface area contributed by atoms with Crippen molar-refractivity contribution in [2.24, 2.45) is 5.92 Å². The maximum atomic E-state index is 4.97. The van der Waals surface area contributed by atoms with E-state index in [2.05, 4.69) is 102 Å². The molecule has 0 fully saturated rings. The molecule has 0 unspecified atom stereocenters. The molecule has 5 aromatic rings. The van der Waals surface area contributed by atoms with Gasteiger partial charge in [-0.25, -0.2) is 9.97 Å². The van der Waals surface area contributed by atoms with Gasteiger partial charge in [0.15, 0.2) is 5.16 Å². The fraction of sp³-hybridized carbons (Fsp3) is 0.231. The molecule has 5 heteroatoms. The van der Waals surface area contributed by atoms with Crippen molar-refractivity contribution >= 4 is 33.8 Å². The van der Waals surface area contributed by atoms with Crippen LogP contribution >= 0.6 is 11.8 Å². The summed E-state index contributed by atoms with van der Waals surface area (Å²) < 4.78 is 4.70. The first kappa shape index (κ1) is 19.9. The first-order chi connectivity index (χ1) is 15.2. The Labute approximate surface area is 186 Å². The van der Waals surface area contributed by atoms with Crippen molar-refractivity contribution in [3.05, 3.63) is 90.3 Å². The molecule has 3 aromatic carbocycles. The van der Waals surface area contributed by atoms with Crippen LogP contribution in [0.2, 0.25) is 0 Å². The van der Waals surface area contributed by atoms with Crippen molar-refractivity contribution < 1.29 is 0 Å².